The van der Waals surface area contributed by atoms with Crippen LogP contribution in [0, 0.1) is 5.82 Å². The maximum atomic E-state index is 13.9. The van der Waals surface area contributed by atoms with Gasteiger partial charge >= 0.3 is 6.18 Å². The Balaban J connectivity index is 1.98. The Kier molecular flexibility index (Phi) is 4.54. The molecule has 1 fully saturated rings. The summed E-state index contributed by atoms with van der Waals surface area (Å²) in [5.74, 6) is -0.779. The van der Waals surface area contributed by atoms with Gasteiger partial charge in [-0.1, -0.05) is 30.3 Å². The fourth-order valence-corrected chi connectivity index (χ4v) is 3.99. The normalized spacial score (nSPS) is 18.0. The van der Waals surface area contributed by atoms with E-state index in [1.54, 1.807) is 0 Å². The van der Waals surface area contributed by atoms with Crippen LogP contribution in [0.2, 0.25) is 0 Å². The Morgan fingerprint density at radius 2 is 1.75 bits per heavy atom. The first-order valence-corrected chi connectivity index (χ1v) is 8.27. The summed E-state index contributed by atoms with van der Waals surface area (Å²) in [5, 5.41) is -0.782. The first-order valence-electron chi connectivity index (χ1n) is 7.23. The van der Waals surface area contributed by atoms with Crippen molar-refractivity contribution in [2.24, 2.45) is 0 Å². The molecule has 0 spiro atoms. The average molecular weight is 355 g/mol. The van der Waals surface area contributed by atoms with E-state index in [1.165, 1.54) is 53.1 Å². The van der Waals surface area contributed by atoms with E-state index in [9.17, 15) is 22.4 Å². The van der Waals surface area contributed by atoms with E-state index in [0.717, 1.165) is 12.1 Å². The van der Waals surface area contributed by atoms with E-state index < -0.39 is 28.8 Å². The minimum absolute atomic E-state index is 0.0252. The minimum Gasteiger partial charge on any atom is -0.322 e. The van der Waals surface area contributed by atoms with E-state index >= 15 is 0 Å². The number of alkyl halides is 3. The number of carbonyl (C=O) groups is 1. The number of hydrogen-bond acceptors (Lipinski definition) is 2. The van der Waals surface area contributed by atoms with Crippen LogP contribution in [0.5, 0.6) is 0 Å². The summed E-state index contributed by atoms with van der Waals surface area (Å²) in [5.41, 5.74) is -0.873. The Hall–Kier alpha value is -2.02. The van der Waals surface area contributed by atoms with Crippen LogP contribution in [0.15, 0.2) is 48.5 Å². The van der Waals surface area contributed by atoms with Crippen LogP contribution in [-0.2, 0) is 6.18 Å². The molecule has 0 aliphatic carbocycles. The summed E-state index contributed by atoms with van der Waals surface area (Å²) in [6.07, 6.45) is -4.51. The van der Waals surface area contributed by atoms with Crippen LogP contribution in [0.25, 0.3) is 0 Å². The van der Waals surface area contributed by atoms with E-state index in [2.05, 4.69) is 0 Å². The molecule has 0 aromatic heterocycles. The molecular weight excluding hydrogens is 342 g/mol. The largest absolute Gasteiger partial charge is 0.416 e. The van der Waals surface area contributed by atoms with Gasteiger partial charge in [0.15, 0.2) is 0 Å². The topological polar surface area (TPSA) is 20.3 Å². The van der Waals surface area contributed by atoms with Crippen LogP contribution in [0.1, 0.15) is 26.9 Å². The molecule has 1 heterocycles. The highest BCUT2D eigenvalue weighted by molar-refractivity contribution is 7.99. The second-order valence-electron chi connectivity index (χ2n) is 5.29. The van der Waals surface area contributed by atoms with Gasteiger partial charge in [0.2, 0.25) is 0 Å². The molecule has 2 aromatic carbocycles. The summed E-state index contributed by atoms with van der Waals surface area (Å²) < 4.78 is 53.6. The number of benzene rings is 2. The van der Waals surface area contributed by atoms with Crippen LogP contribution in [0.3, 0.4) is 0 Å². The maximum Gasteiger partial charge on any atom is 0.416 e. The lowest BCUT2D eigenvalue weighted by Gasteiger charge is -2.26. The standard InChI is InChI=1S/C17H13F4NOS/c18-14-8-4-2-6-12(14)15(23)22-9-10-24-16(22)11-5-1-3-7-13(11)17(19,20)21/h1-8,16H,9-10H2/t16-/m1/s1. The zero-order chi connectivity index (χ0) is 17.3. The van der Waals surface area contributed by atoms with Gasteiger partial charge < -0.3 is 4.90 Å². The highest BCUT2D eigenvalue weighted by Crippen LogP contribution is 2.44. The van der Waals surface area contributed by atoms with Crippen molar-refractivity contribution in [3.8, 4) is 0 Å². The molecule has 1 aliphatic heterocycles. The molecule has 0 saturated carbocycles. The second kappa shape index (κ2) is 6.47. The summed E-state index contributed by atoms with van der Waals surface area (Å²) in [4.78, 5) is 13.9. The van der Waals surface area contributed by atoms with Gasteiger partial charge in [-0.2, -0.15) is 13.2 Å². The second-order valence-corrected chi connectivity index (χ2v) is 6.47. The molecular formula is C17H13F4NOS. The fraction of sp³-hybridized carbons (Fsp3) is 0.235. The smallest absolute Gasteiger partial charge is 0.322 e. The highest BCUT2D eigenvalue weighted by Gasteiger charge is 2.39. The molecule has 126 valence electrons. The number of thioether (sulfide) groups is 1. The van der Waals surface area contributed by atoms with Crippen molar-refractivity contribution in [2.45, 2.75) is 11.6 Å². The number of nitrogens with zero attached hydrogens (tertiary/aromatic N) is 1. The van der Waals surface area contributed by atoms with Crippen molar-refractivity contribution in [2.75, 3.05) is 12.3 Å². The molecule has 1 aliphatic rings. The highest BCUT2D eigenvalue weighted by atomic mass is 32.2. The molecule has 24 heavy (non-hydrogen) atoms. The van der Waals surface area contributed by atoms with Crippen LogP contribution >= 0.6 is 11.8 Å². The number of halogens is 4. The van der Waals surface area contributed by atoms with Gasteiger partial charge in [0.25, 0.3) is 5.91 Å². The van der Waals surface area contributed by atoms with E-state index in [1.807, 2.05) is 0 Å². The van der Waals surface area contributed by atoms with Crippen LogP contribution in [0.4, 0.5) is 17.6 Å². The lowest BCUT2D eigenvalue weighted by Crippen LogP contribution is -2.32. The van der Waals surface area contributed by atoms with Crippen LogP contribution < -0.4 is 0 Å². The van der Waals surface area contributed by atoms with Crippen molar-refractivity contribution in [3.05, 3.63) is 71.0 Å². The average Bonchev–Trinajstić information content (AvgIpc) is 3.03. The van der Waals surface area contributed by atoms with Gasteiger partial charge in [-0.15, -0.1) is 11.8 Å². The third-order valence-corrected chi connectivity index (χ3v) is 5.03. The Labute approximate surface area is 140 Å². The van der Waals surface area contributed by atoms with Crippen LogP contribution in [-0.4, -0.2) is 23.1 Å². The number of hydrogen-bond donors (Lipinski definition) is 0. The fourth-order valence-electron chi connectivity index (χ4n) is 2.70. The molecule has 1 amide bonds. The zero-order valence-electron chi connectivity index (χ0n) is 12.4. The Morgan fingerprint density at radius 1 is 1.08 bits per heavy atom. The van der Waals surface area contributed by atoms with Gasteiger partial charge in [-0.25, -0.2) is 4.39 Å². The van der Waals surface area contributed by atoms with Gasteiger partial charge in [-0.05, 0) is 23.8 Å². The molecule has 0 unspecified atom stereocenters. The molecule has 3 rings (SSSR count). The molecule has 2 aromatic rings. The number of amides is 1. The predicted octanol–water partition coefficient (Wildman–Crippen LogP) is 4.73. The molecule has 0 radical (unpaired) electrons. The number of carbonyl (C=O) groups excluding carboxylic acids is 1. The summed E-state index contributed by atoms with van der Waals surface area (Å²) in [6.45, 7) is 0.273. The molecule has 1 atom stereocenters. The van der Waals surface area contributed by atoms with Crippen molar-refractivity contribution >= 4 is 17.7 Å². The Bertz CT molecular complexity index is 762. The first kappa shape index (κ1) is 16.8. The van der Waals surface area contributed by atoms with Crippen molar-refractivity contribution in [3.63, 3.8) is 0 Å². The van der Waals surface area contributed by atoms with Crippen molar-refractivity contribution in [1.29, 1.82) is 0 Å². The molecule has 2 nitrogen and oxygen atoms in total. The van der Waals surface area contributed by atoms with E-state index in [4.69, 9.17) is 0 Å². The third-order valence-electron chi connectivity index (χ3n) is 3.79. The lowest BCUT2D eigenvalue weighted by atomic mass is 10.1. The third kappa shape index (κ3) is 3.13. The molecule has 0 N–H and O–H groups in total. The maximum absolute atomic E-state index is 13.9. The quantitative estimate of drug-likeness (QED) is 0.726. The SMILES string of the molecule is O=C(c1ccccc1F)N1CCS[C@@H]1c1ccccc1C(F)(F)F. The van der Waals surface area contributed by atoms with Gasteiger partial charge in [0.05, 0.1) is 11.1 Å². The monoisotopic (exact) mass is 355 g/mol. The van der Waals surface area contributed by atoms with Gasteiger partial charge in [0, 0.05) is 12.3 Å². The zero-order valence-corrected chi connectivity index (χ0v) is 13.2. The summed E-state index contributed by atoms with van der Waals surface area (Å²) >= 11 is 1.25. The molecule has 1 saturated heterocycles. The lowest BCUT2D eigenvalue weighted by molar-refractivity contribution is -0.138. The Morgan fingerprint density at radius 3 is 2.46 bits per heavy atom. The summed E-state index contributed by atoms with van der Waals surface area (Å²) in [6, 6.07) is 10.7. The van der Waals surface area contributed by atoms with Crippen molar-refractivity contribution in [1.82, 2.24) is 4.90 Å². The molecule has 0 bridgehead atoms. The molecule has 7 heteroatoms. The minimum atomic E-state index is -4.51. The summed E-state index contributed by atoms with van der Waals surface area (Å²) in [7, 11) is 0. The van der Waals surface area contributed by atoms with E-state index in [-0.39, 0.29) is 17.7 Å². The number of rotatable bonds is 2. The van der Waals surface area contributed by atoms with E-state index in [0.29, 0.717) is 5.75 Å². The predicted molar refractivity (Wildman–Crippen MR) is 84.1 cm³/mol. The van der Waals surface area contributed by atoms with Gasteiger partial charge in [-0.3, -0.25) is 4.79 Å². The van der Waals surface area contributed by atoms with Crippen molar-refractivity contribution < 1.29 is 22.4 Å². The van der Waals surface area contributed by atoms with Gasteiger partial charge in [0.1, 0.15) is 11.2 Å². The first-order chi connectivity index (χ1) is 11.4.